The van der Waals surface area contributed by atoms with Crippen LogP contribution in [0.3, 0.4) is 0 Å². The van der Waals surface area contributed by atoms with Gasteiger partial charge in [-0.05, 0) is 44.6 Å². The van der Waals surface area contributed by atoms with Crippen molar-refractivity contribution in [1.29, 1.82) is 0 Å². The normalized spacial score (nSPS) is 14.1. The fraction of sp³-hybridized carbons (Fsp3) is 0.684. The Hall–Kier alpha value is -3.07. The molecular formula is C19H36N8O6S. The van der Waals surface area contributed by atoms with Crippen molar-refractivity contribution >= 4 is 47.3 Å². The van der Waals surface area contributed by atoms with Crippen LogP contribution in [0.5, 0.6) is 0 Å². The van der Waals surface area contributed by atoms with Gasteiger partial charge in [0, 0.05) is 13.0 Å². The highest BCUT2D eigenvalue weighted by Crippen LogP contribution is 2.04. The number of carbonyl (C=O) groups is 5. The van der Waals surface area contributed by atoms with E-state index in [1.807, 2.05) is 6.26 Å². The molecule has 34 heavy (non-hydrogen) atoms. The number of amides is 4. The molecule has 0 aromatic carbocycles. The SMILES string of the molecule is CSCCC(N)C(=O)NC(C)C(=O)NC(CCC(N)=O)C(=O)NC(CCCN=C(N)N)C(=O)O. The second kappa shape index (κ2) is 16.5. The summed E-state index contributed by atoms with van der Waals surface area (Å²) in [7, 11) is 0. The first-order valence-corrected chi connectivity index (χ1v) is 12.0. The van der Waals surface area contributed by atoms with Crippen LogP contribution in [0.4, 0.5) is 0 Å². The number of hydrogen-bond acceptors (Lipinski definition) is 8. The lowest BCUT2D eigenvalue weighted by atomic mass is 10.1. The van der Waals surface area contributed by atoms with Crippen LogP contribution in [0.25, 0.3) is 0 Å². The van der Waals surface area contributed by atoms with Gasteiger partial charge in [-0.15, -0.1) is 0 Å². The number of guanidine groups is 1. The Morgan fingerprint density at radius 1 is 0.912 bits per heavy atom. The van der Waals surface area contributed by atoms with Gasteiger partial charge in [0.05, 0.1) is 6.04 Å². The zero-order valence-corrected chi connectivity index (χ0v) is 20.2. The van der Waals surface area contributed by atoms with Gasteiger partial charge in [-0.1, -0.05) is 0 Å². The van der Waals surface area contributed by atoms with E-state index in [0.717, 1.165) is 0 Å². The number of hydrogen-bond donors (Lipinski definition) is 8. The van der Waals surface area contributed by atoms with Gasteiger partial charge in [-0.25, -0.2) is 4.79 Å². The molecule has 0 spiro atoms. The van der Waals surface area contributed by atoms with Crippen LogP contribution in [-0.2, 0) is 24.0 Å². The summed E-state index contributed by atoms with van der Waals surface area (Å²) in [5, 5.41) is 16.6. The number of nitrogens with one attached hydrogen (secondary N) is 3. The molecule has 0 aliphatic heterocycles. The molecule has 0 bridgehead atoms. The highest BCUT2D eigenvalue weighted by atomic mass is 32.2. The lowest BCUT2D eigenvalue weighted by Crippen LogP contribution is -2.56. The van der Waals surface area contributed by atoms with Crippen molar-refractivity contribution in [2.24, 2.45) is 27.9 Å². The molecule has 0 aromatic heterocycles. The molecule has 0 saturated heterocycles. The lowest BCUT2D eigenvalue weighted by molar-refractivity contribution is -0.142. The second-order valence-electron chi connectivity index (χ2n) is 7.53. The molecular weight excluding hydrogens is 468 g/mol. The van der Waals surface area contributed by atoms with Crippen LogP contribution in [0.2, 0.25) is 0 Å². The van der Waals surface area contributed by atoms with Crippen LogP contribution in [0.15, 0.2) is 4.99 Å². The van der Waals surface area contributed by atoms with Crippen molar-refractivity contribution in [3.8, 4) is 0 Å². The first-order valence-electron chi connectivity index (χ1n) is 10.6. The Morgan fingerprint density at radius 2 is 1.53 bits per heavy atom. The maximum atomic E-state index is 12.7. The number of nitrogens with two attached hydrogens (primary N) is 4. The molecule has 0 heterocycles. The average molecular weight is 505 g/mol. The quantitative estimate of drug-likeness (QED) is 0.0563. The Morgan fingerprint density at radius 3 is 2.06 bits per heavy atom. The van der Waals surface area contributed by atoms with Crippen molar-refractivity contribution < 1.29 is 29.1 Å². The summed E-state index contributed by atoms with van der Waals surface area (Å²) in [5.41, 5.74) is 21.4. The minimum absolute atomic E-state index is 0.0226. The fourth-order valence-corrected chi connectivity index (χ4v) is 3.14. The smallest absolute Gasteiger partial charge is 0.326 e. The molecule has 194 valence electrons. The van der Waals surface area contributed by atoms with Gasteiger partial charge >= 0.3 is 5.97 Å². The van der Waals surface area contributed by atoms with Gasteiger partial charge in [0.15, 0.2) is 5.96 Å². The molecule has 0 rings (SSSR count). The summed E-state index contributed by atoms with van der Waals surface area (Å²) in [6.07, 6.45) is 2.19. The summed E-state index contributed by atoms with van der Waals surface area (Å²) in [6, 6.07) is -4.37. The van der Waals surface area contributed by atoms with Crippen LogP contribution < -0.4 is 38.9 Å². The number of carboxylic acids is 1. The first kappa shape index (κ1) is 30.9. The third-order valence-corrected chi connectivity index (χ3v) is 5.24. The predicted molar refractivity (Wildman–Crippen MR) is 128 cm³/mol. The fourth-order valence-electron chi connectivity index (χ4n) is 2.65. The van der Waals surface area contributed by atoms with E-state index in [2.05, 4.69) is 20.9 Å². The Bertz CT molecular complexity index is 746. The van der Waals surface area contributed by atoms with Crippen molar-refractivity contribution in [3.63, 3.8) is 0 Å². The number of aliphatic imine (C=N–C) groups is 1. The Balaban J connectivity index is 5.14. The lowest BCUT2D eigenvalue weighted by Gasteiger charge is -2.23. The highest BCUT2D eigenvalue weighted by Gasteiger charge is 2.28. The summed E-state index contributed by atoms with van der Waals surface area (Å²) in [6.45, 7) is 1.57. The van der Waals surface area contributed by atoms with Crippen LogP contribution in [-0.4, -0.2) is 83.4 Å². The van der Waals surface area contributed by atoms with Gasteiger partial charge in [-0.2, -0.15) is 11.8 Å². The van der Waals surface area contributed by atoms with E-state index >= 15 is 0 Å². The van der Waals surface area contributed by atoms with Gasteiger partial charge in [0.1, 0.15) is 18.1 Å². The van der Waals surface area contributed by atoms with Crippen LogP contribution in [0, 0.1) is 0 Å². The Kier molecular flexibility index (Phi) is 15.0. The van der Waals surface area contributed by atoms with Gasteiger partial charge in [-0.3, -0.25) is 24.2 Å². The number of carboxylic acid groups (broad SMARTS) is 1. The van der Waals surface area contributed by atoms with Crippen molar-refractivity contribution in [3.05, 3.63) is 0 Å². The molecule has 4 unspecified atom stereocenters. The molecule has 0 aliphatic carbocycles. The van der Waals surface area contributed by atoms with Crippen molar-refractivity contribution in [1.82, 2.24) is 16.0 Å². The molecule has 0 aromatic rings. The largest absolute Gasteiger partial charge is 0.480 e. The second-order valence-corrected chi connectivity index (χ2v) is 8.52. The third-order valence-electron chi connectivity index (χ3n) is 4.59. The van der Waals surface area contributed by atoms with E-state index in [4.69, 9.17) is 22.9 Å². The minimum Gasteiger partial charge on any atom is -0.480 e. The molecule has 0 aliphatic rings. The maximum absolute atomic E-state index is 12.7. The molecule has 15 heteroatoms. The summed E-state index contributed by atoms with van der Waals surface area (Å²) < 4.78 is 0. The number of thioether (sulfide) groups is 1. The van der Waals surface area contributed by atoms with E-state index in [1.54, 1.807) is 0 Å². The topological polar surface area (TPSA) is 258 Å². The van der Waals surface area contributed by atoms with Gasteiger partial charge < -0.3 is 44.0 Å². The summed E-state index contributed by atoms with van der Waals surface area (Å²) in [5.74, 6) is -3.54. The summed E-state index contributed by atoms with van der Waals surface area (Å²) >= 11 is 1.53. The zero-order chi connectivity index (χ0) is 26.3. The summed E-state index contributed by atoms with van der Waals surface area (Å²) in [4.78, 5) is 63.8. The van der Waals surface area contributed by atoms with Crippen molar-refractivity contribution in [2.45, 2.75) is 63.2 Å². The molecule has 12 N–H and O–H groups in total. The monoisotopic (exact) mass is 504 g/mol. The Labute approximate surface area is 202 Å². The van der Waals surface area contributed by atoms with E-state index in [-0.39, 0.29) is 38.2 Å². The van der Waals surface area contributed by atoms with Crippen molar-refractivity contribution in [2.75, 3.05) is 18.6 Å². The molecule has 4 amide bonds. The molecule has 0 radical (unpaired) electrons. The number of aliphatic carboxylic acids is 1. The molecule has 0 fully saturated rings. The van der Waals surface area contributed by atoms with E-state index in [1.165, 1.54) is 18.7 Å². The third kappa shape index (κ3) is 13.5. The average Bonchev–Trinajstić information content (AvgIpc) is 2.75. The minimum atomic E-state index is -1.29. The molecule has 0 saturated carbocycles. The number of rotatable bonds is 17. The maximum Gasteiger partial charge on any atom is 0.326 e. The van der Waals surface area contributed by atoms with Gasteiger partial charge in [0.2, 0.25) is 23.6 Å². The first-order chi connectivity index (χ1) is 15.9. The number of primary amides is 1. The zero-order valence-electron chi connectivity index (χ0n) is 19.4. The van der Waals surface area contributed by atoms with E-state index in [9.17, 15) is 29.1 Å². The van der Waals surface area contributed by atoms with E-state index < -0.39 is 53.8 Å². The standard InChI is InChI=1S/C19H36N8O6S/c1-10(25-16(30)11(20)7-9-34-2)15(29)26-12(5-6-14(21)28)17(31)27-13(18(32)33)4-3-8-24-19(22)23/h10-13H,3-9,20H2,1-2H3,(H2,21,28)(H,25,30)(H,26,29)(H,27,31)(H,32,33)(H4,22,23,24). The molecule has 4 atom stereocenters. The number of nitrogens with zero attached hydrogens (tertiary/aromatic N) is 1. The molecule has 14 nitrogen and oxygen atoms in total. The predicted octanol–water partition coefficient (Wildman–Crippen LogP) is -3.06. The highest BCUT2D eigenvalue weighted by molar-refractivity contribution is 7.98. The van der Waals surface area contributed by atoms with Crippen LogP contribution in [0.1, 0.15) is 39.0 Å². The number of carbonyl (C=O) groups excluding carboxylic acids is 4. The van der Waals surface area contributed by atoms with Crippen LogP contribution >= 0.6 is 11.8 Å². The van der Waals surface area contributed by atoms with Gasteiger partial charge in [0.25, 0.3) is 0 Å². The van der Waals surface area contributed by atoms with E-state index in [0.29, 0.717) is 12.2 Å².